The Labute approximate surface area is 146 Å². The number of carbonyl (C=O) groups excluding carboxylic acids is 1. The lowest BCUT2D eigenvalue weighted by Gasteiger charge is -2.23. The highest BCUT2D eigenvalue weighted by molar-refractivity contribution is 7.89. The summed E-state index contributed by atoms with van der Waals surface area (Å²) in [4.78, 5) is 11.7. The van der Waals surface area contributed by atoms with E-state index in [4.69, 9.17) is 9.88 Å². The average molecular weight is 374 g/mol. The van der Waals surface area contributed by atoms with Crippen LogP contribution in [0.2, 0.25) is 0 Å². The summed E-state index contributed by atoms with van der Waals surface area (Å²) in [6.45, 7) is -0.0603. The summed E-state index contributed by atoms with van der Waals surface area (Å²) < 4.78 is 41.9. The molecule has 1 atom stereocenters. The smallest absolute Gasteiger partial charge is 0.254 e. The number of amides is 1. The summed E-state index contributed by atoms with van der Waals surface area (Å²) in [5.41, 5.74) is -0.452. The van der Waals surface area contributed by atoms with E-state index < -0.39 is 33.4 Å². The third-order valence-electron chi connectivity index (χ3n) is 4.09. The SMILES string of the molecule is NS(=O)(=O)c1ccc(F)c(C(=O)NC[C@@H](O)COC2CCCCC2)c1. The second-order valence-corrected chi connectivity index (χ2v) is 7.71. The van der Waals surface area contributed by atoms with Crippen LogP contribution < -0.4 is 10.5 Å². The highest BCUT2D eigenvalue weighted by Gasteiger charge is 2.19. The van der Waals surface area contributed by atoms with Crippen molar-refractivity contribution in [1.82, 2.24) is 5.32 Å². The van der Waals surface area contributed by atoms with Crippen LogP contribution in [0.25, 0.3) is 0 Å². The Hall–Kier alpha value is -1.55. The Morgan fingerprint density at radius 1 is 1.36 bits per heavy atom. The Morgan fingerprint density at radius 2 is 2.04 bits per heavy atom. The first-order chi connectivity index (χ1) is 11.8. The number of carbonyl (C=O) groups is 1. The highest BCUT2D eigenvalue weighted by atomic mass is 32.2. The summed E-state index contributed by atoms with van der Waals surface area (Å²) in [5, 5.41) is 17.2. The Morgan fingerprint density at radius 3 is 2.68 bits per heavy atom. The molecule has 0 aliphatic heterocycles. The number of rotatable bonds is 7. The summed E-state index contributed by atoms with van der Waals surface area (Å²) in [6.07, 6.45) is 4.53. The monoisotopic (exact) mass is 374 g/mol. The van der Waals surface area contributed by atoms with Crippen LogP contribution in [0.3, 0.4) is 0 Å². The van der Waals surface area contributed by atoms with Gasteiger partial charge in [0.25, 0.3) is 5.91 Å². The first-order valence-electron chi connectivity index (χ1n) is 8.17. The summed E-state index contributed by atoms with van der Waals surface area (Å²) in [6, 6.07) is 2.70. The van der Waals surface area contributed by atoms with E-state index in [1.807, 2.05) is 0 Å². The van der Waals surface area contributed by atoms with Crippen molar-refractivity contribution >= 4 is 15.9 Å². The molecule has 25 heavy (non-hydrogen) atoms. The molecule has 1 aliphatic rings. The quantitative estimate of drug-likeness (QED) is 0.656. The zero-order valence-corrected chi connectivity index (χ0v) is 14.6. The maximum atomic E-state index is 13.7. The van der Waals surface area contributed by atoms with Crippen molar-refractivity contribution in [3.05, 3.63) is 29.6 Å². The van der Waals surface area contributed by atoms with Gasteiger partial charge in [-0.25, -0.2) is 17.9 Å². The number of nitrogens with two attached hydrogens (primary N) is 1. The van der Waals surface area contributed by atoms with Gasteiger partial charge in [0.1, 0.15) is 5.82 Å². The van der Waals surface area contributed by atoms with E-state index in [0.29, 0.717) is 0 Å². The third kappa shape index (κ3) is 6.03. The predicted octanol–water partition coefficient (Wildman–Crippen LogP) is 0.913. The van der Waals surface area contributed by atoms with Gasteiger partial charge in [-0.05, 0) is 31.0 Å². The molecule has 7 nitrogen and oxygen atoms in total. The van der Waals surface area contributed by atoms with Crippen molar-refractivity contribution in [2.24, 2.45) is 5.14 Å². The topological polar surface area (TPSA) is 119 Å². The van der Waals surface area contributed by atoms with E-state index in [-0.39, 0.29) is 24.2 Å². The molecule has 1 fully saturated rings. The molecular formula is C16H23FN2O5S. The second-order valence-electron chi connectivity index (χ2n) is 6.14. The predicted molar refractivity (Wildman–Crippen MR) is 88.9 cm³/mol. The standard InChI is InChI=1S/C16H23FN2O5S/c17-15-7-6-13(25(18,22)23)8-14(15)16(21)19-9-11(20)10-24-12-4-2-1-3-5-12/h6-8,11-12,20H,1-5,9-10H2,(H,19,21)(H2,18,22,23)/t11-/m1/s1. The normalized spacial score (nSPS) is 17.2. The van der Waals surface area contributed by atoms with Crippen LogP contribution in [0.1, 0.15) is 42.5 Å². The molecule has 0 aromatic heterocycles. The maximum absolute atomic E-state index is 13.7. The fraction of sp³-hybridized carbons (Fsp3) is 0.562. The lowest BCUT2D eigenvalue weighted by Crippen LogP contribution is -2.36. The lowest BCUT2D eigenvalue weighted by atomic mass is 9.98. The van der Waals surface area contributed by atoms with Crippen molar-refractivity contribution in [2.75, 3.05) is 13.2 Å². The molecule has 0 unspecified atom stereocenters. The van der Waals surface area contributed by atoms with Crippen LogP contribution >= 0.6 is 0 Å². The number of ether oxygens (including phenoxy) is 1. The van der Waals surface area contributed by atoms with Gasteiger partial charge in [0.2, 0.25) is 10.0 Å². The van der Waals surface area contributed by atoms with Gasteiger partial charge < -0.3 is 15.2 Å². The van der Waals surface area contributed by atoms with Crippen LogP contribution in [0, 0.1) is 5.82 Å². The fourth-order valence-electron chi connectivity index (χ4n) is 2.70. The van der Waals surface area contributed by atoms with Gasteiger partial charge in [-0.1, -0.05) is 19.3 Å². The molecule has 2 rings (SSSR count). The van der Waals surface area contributed by atoms with Gasteiger partial charge in [-0.3, -0.25) is 4.79 Å². The molecule has 1 aliphatic carbocycles. The molecule has 0 saturated heterocycles. The van der Waals surface area contributed by atoms with Crippen molar-refractivity contribution in [2.45, 2.75) is 49.2 Å². The zero-order valence-electron chi connectivity index (χ0n) is 13.8. The van der Waals surface area contributed by atoms with E-state index in [0.717, 1.165) is 43.9 Å². The number of nitrogens with one attached hydrogen (secondary N) is 1. The summed E-state index contributed by atoms with van der Waals surface area (Å²) in [7, 11) is -4.04. The number of primary sulfonamides is 1. The van der Waals surface area contributed by atoms with Crippen molar-refractivity contribution in [3.63, 3.8) is 0 Å². The van der Waals surface area contributed by atoms with Gasteiger partial charge in [0, 0.05) is 6.54 Å². The molecular weight excluding hydrogens is 351 g/mol. The van der Waals surface area contributed by atoms with Gasteiger partial charge in [0.05, 0.1) is 29.3 Å². The lowest BCUT2D eigenvalue weighted by molar-refractivity contribution is -0.0225. The van der Waals surface area contributed by atoms with E-state index >= 15 is 0 Å². The van der Waals surface area contributed by atoms with E-state index in [1.165, 1.54) is 6.42 Å². The Kier molecular flexibility index (Phi) is 6.88. The van der Waals surface area contributed by atoms with E-state index in [9.17, 15) is 22.7 Å². The molecule has 0 heterocycles. The van der Waals surface area contributed by atoms with Crippen LogP contribution in [0.5, 0.6) is 0 Å². The largest absolute Gasteiger partial charge is 0.389 e. The second kappa shape index (κ2) is 8.70. The number of hydrogen-bond acceptors (Lipinski definition) is 5. The van der Waals surface area contributed by atoms with Crippen LogP contribution in [0.4, 0.5) is 4.39 Å². The molecule has 0 bridgehead atoms. The molecule has 0 spiro atoms. The summed E-state index contributed by atoms with van der Waals surface area (Å²) in [5.74, 6) is -1.71. The molecule has 1 aromatic rings. The molecule has 9 heteroatoms. The first kappa shape index (κ1) is 19.8. The van der Waals surface area contributed by atoms with Crippen LogP contribution in [0.15, 0.2) is 23.1 Å². The number of sulfonamides is 1. The zero-order chi connectivity index (χ0) is 18.4. The number of hydrogen-bond donors (Lipinski definition) is 3. The van der Waals surface area contributed by atoms with E-state index in [1.54, 1.807) is 0 Å². The van der Waals surface area contributed by atoms with Crippen molar-refractivity contribution < 1.29 is 27.4 Å². The number of benzene rings is 1. The van der Waals surface area contributed by atoms with Gasteiger partial charge >= 0.3 is 0 Å². The minimum Gasteiger partial charge on any atom is -0.389 e. The Bertz CT molecular complexity index is 704. The number of halogens is 1. The molecule has 4 N–H and O–H groups in total. The molecule has 1 saturated carbocycles. The first-order valence-corrected chi connectivity index (χ1v) is 9.72. The van der Waals surface area contributed by atoms with Crippen LogP contribution in [-0.4, -0.2) is 44.8 Å². The molecule has 0 radical (unpaired) electrons. The van der Waals surface area contributed by atoms with Crippen molar-refractivity contribution in [3.8, 4) is 0 Å². The third-order valence-corrected chi connectivity index (χ3v) is 5.00. The fourth-order valence-corrected chi connectivity index (χ4v) is 3.24. The maximum Gasteiger partial charge on any atom is 0.254 e. The minimum absolute atomic E-state index is 0.0741. The molecule has 1 aromatic carbocycles. The minimum atomic E-state index is -4.04. The summed E-state index contributed by atoms with van der Waals surface area (Å²) >= 11 is 0. The van der Waals surface area contributed by atoms with Gasteiger partial charge in [-0.15, -0.1) is 0 Å². The van der Waals surface area contributed by atoms with E-state index in [2.05, 4.69) is 5.32 Å². The van der Waals surface area contributed by atoms with Gasteiger partial charge in [0.15, 0.2) is 0 Å². The Balaban J connectivity index is 1.87. The van der Waals surface area contributed by atoms with Gasteiger partial charge in [-0.2, -0.15) is 0 Å². The average Bonchev–Trinajstić information content (AvgIpc) is 2.58. The molecule has 1 amide bonds. The number of aliphatic hydroxyl groups excluding tert-OH is 1. The highest BCUT2D eigenvalue weighted by Crippen LogP contribution is 2.20. The molecule has 140 valence electrons. The number of aliphatic hydroxyl groups is 1. The van der Waals surface area contributed by atoms with Crippen molar-refractivity contribution in [1.29, 1.82) is 0 Å². The van der Waals surface area contributed by atoms with Crippen LogP contribution in [-0.2, 0) is 14.8 Å².